The van der Waals surface area contributed by atoms with Crippen molar-refractivity contribution in [2.24, 2.45) is 5.92 Å². The van der Waals surface area contributed by atoms with E-state index >= 15 is 0 Å². The first-order chi connectivity index (χ1) is 22.2. The van der Waals surface area contributed by atoms with Crippen LogP contribution in [0.25, 0.3) is 0 Å². The van der Waals surface area contributed by atoms with Gasteiger partial charge in [-0.2, -0.15) is 0 Å². The number of carbonyl (C=O) groups excluding carboxylic acids is 1. The Kier molecular flexibility index (Phi) is 10.0. The lowest BCUT2D eigenvalue weighted by atomic mass is 9.79. The van der Waals surface area contributed by atoms with E-state index in [9.17, 15) is 19.5 Å². The number of esters is 1. The summed E-state index contributed by atoms with van der Waals surface area (Å²) in [4.78, 5) is 37.0. The summed E-state index contributed by atoms with van der Waals surface area (Å²) in [6.45, 7) is 3.26. The summed E-state index contributed by atoms with van der Waals surface area (Å²) in [5, 5.41) is 19.7. The summed E-state index contributed by atoms with van der Waals surface area (Å²) in [6.07, 6.45) is -2.60. The van der Waals surface area contributed by atoms with Gasteiger partial charge >= 0.3 is 24.4 Å². The van der Waals surface area contributed by atoms with E-state index in [1.807, 2.05) is 31.2 Å². The van der Waals surface area contributed by atoms with Crippen molar-refractivity contribution < 1.29 is 62.5 Å². The van der Waals surface area contributed by atoms with Gasteiger partial charge in [-0.3, -0.25) is 9.53 Å². The summed E-state index contributed by atoms with van der Waals surface area (Å²) >= 11 is 0. The maximum atomic E-state index is 13.3. The van der Waals surface area contributed by atoms with Crippen LogP contribution in [0.1, 0.15) is 54.4 Å². The summed E-state index contributed by atoms with van der Waals surface area (Å²) in [6, 6.07) is 15.7. The third-order valence-electron chi connectivity index (χ3n) is 7.63. The number of aliphatic carboxylic acids is 1. The number of fused-ring (bicyclic) bond motifs is 2. The summed E-state index contributed by atoms with van der Waals surface area (Å²) in [5.41, 5.74) is 2.55. The smallest absolute Gasteiger partial charge is 0.497 e. The van der Waals surface area contributed by atoms with Crippen LogP contribution in [-0.4, -0.2) is 68.5 Å². The summed E-state index contributed by atoms with van der Waals surface area (Å²) < 4.78 is 43.3. The molecule has 0 saturated carbocycles. The van der Waals surface area contributed by atoms with E-state index in [2.05, 4.69) is 4.74 Å². The Morgan fingerprint density at radius 1 is 0.870 bits per heavy atom. The second-order valence-electron chi connectivity index (χ2n) is 10.4. The van der Waals surface area contributed by atoms with Gasteiger partial charge < -0.3 is 43.4 Å². The van der Waals surface area contributed by atoms with Gasteiger partial charge in [0.15, 0.2) is 18.3 Å². The van der Waals surface area contributed by atoms with Gasteiger partial charge in [-0.05, 0) is 60.4 Å². The first kappa shape index (κ1) is 32.2. The van der Waals surface area contributed by atoms with Gasteiger partial charge in [0.25, 0.3) is 0 Å². The second kappa shape index (κ2) is 14.3. The maximum absolute atomic E-state index is 13.3. The Labute approximate surface area is 264 Å². The molecule has 0 radical (unpaired) electrons. The standard InChI is InChI=1S/C33H34O13/c1-4-12-41-20-8-9-21-23(14-20)28(29(30(34)35)27(21)18-6-11-24-26(13-18)43-16-42-24)22-10-7-19(39-3)15-25(22)46-32(31(36)40-5-2)44-17-45-33(37)38/h6-11,13-15,27-29,32H,4-5,12,16-17H2,1-3H3,(H,34,35)(H,37,38)/t27-,28+,29+,32?/m0/s1. The van der Waals surface area contributed by atoms with E-state index in [1.165, 1.54) is 13.2 Å². The van der Waals surface area contributed by atoms with Crippen molar-refractivity contribution in [3.8, 4) is 28.7 Å². The average Bonchev–Trinajstić information content (AvgIpc) is 3.65. The minimum Gasteiger partial charge on any atom is -0.497 e. The highest BCUT2D eigenvalue weighted by Crippen LogP contribution is 2.56. The van der Waals surface area contributed by atoms with E-state index < -0.39 is 48.9 Å². The van der Waals surface area contributed by atoms with Crippen molar-refractivity contribution >= 4 is 18.1 Å². The lowest BCUT2D eigenvalue weighted by molar-refractivity contribution is -0.191. The Hall–Kier alpha value is -5.17. The number of carboxylic acid groups (broad SMARTS) is 2. The molecule has 2 aliphatic rings. The van der Waals surface area contributed by atoms with Crippen LogP contribution >= 0.6 is 0 Å². The highest BCUT2D eigenvalue weighted by Gasteiger charge is 2.48. The molecule has 46 heavy (non-hydrogen) atoms. The molecule has 1 aliphatic carbocycles. The van der Waals surface area contributed by atoms with Crippen LogP contribution in [0.15, 0.2) is 54.6 Å². The average molecular weight is 639 g/mol. The fourth-order valence-electron chi connectivity index (χ4n) is 5.76. The summed E-state index contributed by atoms with van der Waals surface area (Å²) in [7, 11) is 1.44. The van der Waals surface area contributed by atoms with Gasteiger partial charge in [-0.15, -0.1) is 0 Å². The van der Waals surface area contributed by atoms with Gasteiger partial charge in [0, 0.05) is 23.5 Å². The molecule has 0 saturated heterocycles. The lowest BCUT2D eigenvalue weighted by Gasteiger charge is -2.26. The Morgan fingerprint density at radius 3 is 2.35 bits per heavy atom. The zero-order valence-electron chi connectivity index (χ0n) is 25.4. The largest absolute Gasteiger partial charge is 0.507 e. The maximum Gasteiger partial charge on any atom is 0.507 e. The van der Waals surface area contributed by atoms with Crippen molar-refractivity contribution in [3.05, 3.63) is 76.9 Å². The predicted octanol–water partition coefficient (Wildman–Crippen LogP) is 5.13. The third-order valence-corrected chi connectivity index (χ3v) is 7.63. The van der Waals surface area contributed by atoms with Crippen molar-refractivity contribution in [2.45, 2.75) is 38.4 Å². The Bertz CT molecular complexity index is 1590. The minimum atomic E-state index is -1.75. The molecular formula is C33H34O13. The zero-order chi connectivity index (χ0) is 32.8. The van der Waals surface area contributed by atoms with E-state index in [0.29, 0.717) is 46.3 Å². The monoisotopic (exact) mass is 638 g/mol. The molecule has 0 aromatic heterocycles. The van der Waals surface area contributed by atoms with E-state index in [-0.39, 0.29) is 19.1 Å². The van der Waals surface area contributed by atoms with Crippen molar-refractivity contribution in [2.75, 3.05) is 33.9 Å². The molecule has 1 aliphatic heterocycles. The van der Waals surface area contributed by atoms with Gasteiger partial charge in [-0.1, -0.05) is 25.1 Å². The molecule has 3 aromatic rings. The van der Waals surface area contributed by atoms with E-state index in [1.54, 1.807) is 31.2 Å². The van der Waals surface area contributed by atoms with Crippen LogP contribution < -0.4 is 23.7 Å². The van der Waals surface area contributed by atoms with E-state index in [4.69, 9.17) is 38.3 Å². The highest BCUT2D eigenvalue weighted by molar-refractivity contribution is 5.79. The van der Waals surface area contributed by atoms with Crippen molar-refractivity contribution in [1.82, 2.24) is 0 Å². The predicted molar refractivity (Wildman–Crippen MR) is 159 cm³/mol. The molecule has 0 bridgehead atoms. The molecule has 0 spiro atoms. The number of carboxylic acids is 1. The van der Waals surface area contributed by atoms with Crippen LogP contribution in [0.4, 0.5) is 4.79 Å². The minimum absolute atomic E-state index is 0.0123. The quantitative estimate of drug-likeness (QED) is 0.177. The van der Waals surface area contributed by atoms with Crippen LogP contribution in [-0.2, 0) is 23.8 Å². The lowest BCUT2D eigenvalue weighted by Crippen LogP contribution is -2.34. The highest BCUT2D eigenvalue weighted by atomic mass is 16.8. The fourth-order valence-corrected chi connectivity index (χ4v) is 5.76. The number of ether oxygens (including phenoxy) is 8. The number of carbonyl (C=O) groups is 3. The first-order valence-electron chi connectivity index (χ1n) is 14.6. The molecule has 244 valence electrons. The molecular weight excluding hydrogens is 604 g/mol. The molecule has 13 nitrogen and oxygen atoms in total. The van der Waals surface area contributed by atoms with Gasteiger partial charge in [0.05, 0.1) is 26.2 Å². The zero-order valence-corrected chi connectivity index (χ0v) is 25.4. The van der Waals surface area contributed by atoms with Crippen LogP contribution in [0.5, 0.6) is 28.7 Å². The molecule has 13 heteroatoms. The Morgan fingerprint density at radius 2 is 1.63 bits per heavy atom. The number of rotatable bonds is 14. The van der Waals surface area contributed by atoms with E-state index in [0.717, 1.165) is 12.0 Å². The van der Waals surface area contributed by atoms with Gasteiger partial charge in [-0.25, -0.2) is 9.59 Å². The van der Waals surface area contributed by atoms with Crippen molar-refractivity contribution in [3.63, 3.8) is 0 Å². The number of hydrogen-bond donors (Lipinski definition) is 2. The molecule has 0 fully saturated rings. The molecule has 2 N–H and O–H groups in total. The molecule has 1 unspecified atom stereocenters. The molecule has 1 heterocycles. The van der Waals surface area contributed by atoms with Gasteiger partial charge in [0.2, 0.25) is 6.79 Å². The molecule has 4 atom stereocenters. The molecule has 3 aromatic carbocycles. The van der Waals surface area contributed by atoms with Crippen LogP contribution in [0.3, 0.4) is 0 Å². The SMILES string of the molecule is CCCOc1ccc2c(c1)[C@@H](c1ccc(OC)cc1OC(OCOC(=O)O)C(=O)OCC)[C@H](C(=O)O)[C@H]2c1ccc2c(c1)OCO2. The molecule has 5 rings (SSSR count). The fraction of sp³-hybridized carbons (Fsp3) is 0.364. The first-order valence-corrected chi connectivity index (χ1v) is 14.6. The molecule has 0 amide bonds. The normalized spacial score (nSPS) is 18.3. The van der Waals surface area contributed by atoms with Gasteiger partial charge in [0.1, 0.15) is 17.2 Å². The Balaban J connectivity index is 1.64. The number of benzene rings is 3. The summed E-state index contributed by atoms with van der Waals surface area (Å²) in [5.74, 6) is -2.45. The van der Waals surface area contributed by atoms with Crippen LogP contribution in [0.2, 0.25) is 0 Å². The third kappa shape index (κ3) is 6.74. The number of methoxy groups -OCH3 is 1. The number of hydrogen-bond acceptors (Lipinski definition) is 11. The topological polar surface area (TPSA) is 166 Å². The second-order valence-corrected chi connectivity index (χ2v) is 10.4. The van der Waals surface area contributed by atoms with Crippen LogP contribution in [0, 0.1) is 5.92 Å². The van der Waals surface area contributed by atoms with Crippen molar-refractivity contribution in [1.29, 1.82) is 0 Å².